The second kappa shape index (κ2) is 5.78. The fourth-order valence-electron chi connectivity index (χ4n) is 3.58. The van der Waals surface area contributed by atoms with Gasteiger partial charge in [-0.3, -0.25) is 0 Å². The minimum atomic E-state index is 0.549. The molecule has 0 bridgehead atoms. The average molecular weight is 279 g/mol. The van der Waals surface area contributed by atoms with Gasteiger partial charge < -0.3 is 0 Å². The lowest BCUT2D eigenvalue weighted by molar-refractivity contribution is 0.311. The zero-order valence-corrected chi connectivity index (χ0v) is 12.5. The van der Waals surface area contributed by atoms with Crippen LogP contribution in [0, 0.1) is 5.92 Å². The van der Waals surface area contributed by atoms with Gasteiger partial charge in [-0.25, -0.2) is 9.97 Å². The van der Waals surface area contributed by atoms with Crippen molar-refractivity contribution in [2.24, 2.45) is 5.92 Å². The van der Waals surface area contributed by atoms with E-state index in [9.17, 15) is 0 Å². The van der Waals surface area contributed by atoms with Crippen LogP contribution >= 0.6 is 11.6 Å². The Hall–Kier alpha value is -0.630. The number of aryl methyl sites for hydroxylation is 1. The van der Waals surface area contributed by atoms with Crippen molar-refractivity contribution in [2.75, 3.05) is 0 Å². The number of nitrogens with zero attached hydrogens (tertiary/aromatic N) is 2. The summed E-state index contributed by atoms with van der Waals surface area (Å²) in [5, 5.41) is 0.734. The maximum atomic E-state index is 6.37. The van der Waals surface area contributed by atoms with Crippen LogP contribution in [0.2, 0.25) is 5.15 Å². The molecule has 0 unspecified atom stereocenters. The molecule has 1 fully saturated rings. The van der Waals surface area contributed by atoms with Gasteiger partial charge in [0.25, 0.3) is 0 Å². The third-order valence-corrected chi connectivity index (χ3v) is 5.25. The zero-order chi connectivity index (χ0) is 13.2. The molecule has 0 aromatic carbocycles. The van der Waals surface area contributed by atoms with Crippen molar-refractivity contribution >= 4 is 11.6 Å². The minimum absolute atomic E-state index is 0.549. The molecule has 0 spiro atoms. The highest BCUT2D eigenvalue weighted by Gasteiger charge is 2.25. The van der Waals surface area contributed by atoms with E-state index in [0.717, 1.165) is 29.7 Å². The molecule has 3 heteroatoms. The van der Waals surface area contributed by atoms with E-state index in [1.807, 2.05) is 0 Å². The van der Waals surface area contributed by atoms with Crippen LogP contribution in [0.5, 0.6) is 0 Å². The Kier molecular flexibility index (Phi) is 4.07. The first kappa shape index (κ1) is 13.4. The Morgan fingerprint density at radius 3 is 2.53 bits per heavy atom. The van der Waals surface area contributed by atoms with Crippen molar-refractivity contribution in [1.29, 1.82) is 0 Å². The van der Waals surface area contributed by atoms with Crippen LogP contribution in [0.3, 0.4) is 0 Å². The molecule has 1 aromatic rings. The van der Waals surface area contributed by atoms with Gasteiger partial charge in [-0.15, -0.1) is 0 Å². The highest BCUT2D eigenvalue weighted by Crippen LogP contribution is 2.37. The van der Waals surface area contributed by atoms with Crippen LogP contribution < -0.4 is 0 Å². The zero-order valence-electron chi connectivity index (χ0n) is 11.8. The van der Waals surface area contributed by atoms with E-state index in [4.69, 9.17) is 16.6 Å². The molecule has 19 heavy (non-hydrogen) atoms. The molecule has 2 aliphatic carbocycles. The topological polar surface area (TPSA) is 25.8 Å². The van der Waals surface area contributed by atoms with Crippen LogP contribution in [-0.4, -0.2) is 9.97 Å². The standard InChI is InChI=1S/C16H23ClN2/c1-2-11-7-9-12(10-8-11)16-18-14-6-4-3-5-13(14)15(17)19-16/h11-12H,2-10H2,1H3. The second-order valence-corrected chi connectivity index (χ2v) is 6.49. The van der Waals surface area contributed by atoms with Gasteiger partial charge in [0.15, 0.2) is 0 Å². The van der Waals surface area contributed by atoms with Gasteiger partial charge in [0.1, 0.15) is 11.0 Å². The fourth-order valence-corrected chi connectivity index (χ4v) is 3.87. The molecular weight excluding hydrogens is 256 g/mol. The monoisotopic (exact) mass is 278 g/mol. The molecule has 0 atom stereocenters. The van der Waals surface area contributed by atoms with E-state index in [1.54, 1.807) is 0 Å². The van der Waals surface area contributed by atoms with Gasteiger partial charge in [-0.1, -0.05) is 24.9 Å². The Morgan fingerprint density at radius 2 is 1.79 bits per heavy atom. The normalized spacial score (nSPS) is 27.1. The van der Waals surface area contributed by atoms with Gasteiger partial charge >= 0.3 is 0 Å². The summed E-state index contributed by atoms with van der Waals surface area (Å²) in [5.74, 6) is 2.50. The predicted molar refractivity (Wildman–Crippen MR) is 78.7 cm³/mol. The highest BCUT2D eigenvalue weighted by molar-refractivity contribution is 6.30. The summed E-state index contributed by atoms with van der Waals surface area (Å²) in [6.45, 7) is 2.30. The first-order valence-electron chi connectivity index (χ1n) is 7.83. The average Bonchev–Trinajstić information content (AvgIpc) is 2.47. The van der Waals surface area contributed by atoms with E-state index >= 15 is 0 Å². The Morgan fingerprint density at radius 1 is 1.05 bits per heavy atom. The molecular formula is C16H23ClN2. The Bertz CT molecular complexity index is 450. The number of fused-ring (bicyclic) bond motifs is 1. The summed E-state index contributed by atoms with van der Waals surface area (Å²) in [7, 11) is 0. The molecule has 0 N–H and O–H groups in total. The number of halogens is 1. The van der Waals surface area contributed by atoms with Crippen LogP contribution in [0.4, 0.5) is 0 Å². The third kappa shape index (κ3) is 2.79. The maximum Gasteiger partial charge on any atom is 0.136 e. The van der Waals surface area contributed by atoms with Crippen molar-refractivity contribution in [3.63, 3.8) is 0 Å². The second-order valence-electron chi connectivity index (χ2n) is 6.13. The third-order valence-electron chi connectivity index (χ3n) is 4.94. The van der Waals surface area contributed by atoms with Crippen molar-refractivity contribution in [3.05, 3.63) is 22.2 Å². The Labute approximate surface area is 121 Å². The maximum absolute atomic E-state index is 6.37. The molecule has 1 heterocycles. The number of hydrogen-bond donors (Lipinski definition) is 0. The molecule has 0 saturated heterocycles. The molecule has 0 amide bonds. The van der Waals surface area contributed by atoms with Crippen molar-refractivity contribution < 1.29 is 0 Å². The summed E-state index contributed by atoms with van der Waals surface area (Å²) in [4.78, 5) is 9.47. The largest absolute Gasteiger partial charge is 0.237 e. The highest BCUT2D eigenvalue weighted by atomic mass is 35.5. The van der Waals surface area contributed by atoms with Crippen molar-refractivity contribution in [3.8, 4) is 0 Å². The summed E-state index contributed by atoms with van der Waals surface area (Å²) >= 11 is 6.37. The predicted octanol–water partition coefficient (Wildman–Crippen LogP) is 4.69. The smallest absolute Gasteiger partial charge is 0.136 e. The summed E-state index contributed by atoms with van der Waals surface area (Å²) < 4.78 is 0. The van der Waals surface area contributed by atoms with Crippen LogP contribution in [0.1, 0.15) is 74.9 Å². The Balaban J connectivity index is 1.80. The molecule has 0 radical (unpaired) electrons. The quantitative estimate of drug-likeness (QED) is 0.733. The van der Waals surface area contributed by atoms with Gasteiger partial charge in [-0.2, -0.15) is 0 Å². The fraction of sp³-hybridized carbons (Fsp3) is 0.750. The van der Waals surface area contributed by atoms with Crippen molar-refractivity contribution in [2.45, 2.75) is 70.6 Å². The summed E-state index contributed by atoms with van der Waals surface area (Å²) in [5.41, 5.74) is 2.46. The van der Waals surface area contributed by atoms with E-state index < -0.39 is 0 Å². The van der Waals surface area contributed by atoms with Gasteiger partial charge in [0.05, 0.1) is 0 Å². The number of rotatable bonds is 2. The lowest BCUT2D eigenvalue weighted by atomic mass is 9.80. The van der Waals surface area contributed by atoms with E-state index in [-0.39, 0.29) is 0 Å². The van der Waals surface area contributed by atoms with Crippen LogP contribution in [0.15, 0.2) is 0 Å². The molecule has 3 rings (SSSR count). The molecule has 2 nitrogen and oxygen atoms in total. The minimum Gasteiger partial charge on any atom is -0.237 e. The number of hydrogen-bond acceptors (Lipinski definition) is 2. The molecule has 1 saturated carbocycles. The summed E-state index contributed by atoms with van der Waals surface area (Å²) in [6, 6.07) is 0. The van der Waals surface area contributed by atoms with Crippen molar-refractivity contribution in [1.82, 2.24) is 9.97 Å². The van der Waals surface area contributed by atoms with Gasteiger partial charge in [0.2, 0.25) is 0 Å². The van der Waals surface area contributed by atoms with E-state index in [1.165, 1.54) is 56.2 Å². The van der Waals surface area contributed by atoms with Gasteiger partial charge in [-0.05, 0) is 57.3 Å². The SMILES string of the molecule is CCC1CCC(c2nc(Cl)c3c(n2)CCCC3)CC1. The molecule has 1 aromatic heterocycles. The lowest BCUT2D eigenvalue weighted by Crippen LogP contribution is -2.17. The molecule has 2 aliphatic rings. The van der Waals surface area contributed by atoms with Crippen LogP contribution in [0.25, 0.3) is 0 Å². The molecule has 0 aliphatic heterocycles. The first-order chi connectivity index (χ1) is 9.28. The molecule has 104 valence electrons. The number of aromatic nitrogens is 2. The first-order valence-corrected chi connectivity index (χ1v) is 8.21. The van der Waals surface area contributed by atoms with Gasteiger partial charge in [0, 0.05) is 17.2 Å². The van der Waals surface area contributed by atoms with E-state index in [2.05, 4.69) is 11.9 Å². The lowest BCUT2D eigenvalue weighted by Gasteiger charge is -2.27. The van der Waals surface area contributed by atoms with Crippen LogP contribution in [-0.2, 0) is 12.8 Å². The summed E-state index contributed by atoms with van der Waals surface area (Å²) in [6.07, 6.45) is 11.1. The van der Waals surface area contributed by atoms with E-state index in [0.29, 0.717) is 5.92 Å².